The monoisotopic (exact) mass is 332 g/mol. The number of rotatable bonds is 6. The highest BCUT2D eigenvalue weighted by Crippen LogP contribution is 2.00. The fraction of sp³-hybridized carbons (Fsp3) is 0.286. The minimum Gasteiger partial charge on any atom is -1.00 e. The van der Waals surface area contributed by atoms with Crippen LogP contribution in [0.15, 0.2) is 49.1 Å². The highest BCUT2D eigenvalue weighted by atomic mass is 35.5. The molecular formula is C14H18Cl2N2O3. The van der Waals surface area contributed by atoms with Crippen LogP contribution in [-0.2, 0) is 17.8 Å². The summed E-state index contributed by atoms with van der Waals surface area (Å²) in [6, 6.07) is 6.85. The van der Waals surface area contributed by atoms with Gasteiger partial charge in [0.2, 0.25) is 12.4 Å². The maximum Gasteiger partial charge on any atom is 0.211 e. The summed E-state index contributed by atoms with van der Waals surface area (Å²) in [4.78, 5) is 0. The van der Waals surface area contributed by atoms with Crippen molar-refractivity contribution in [1.82, 2.24) is 0 Å². The predicted octanol–water partition coefficient (Wildman–Crippen LogP) is -5.60. The molecule has 7 heteroatoms. The maximum absolute atomic E-state index is 9.30. The van der Waals surface area contributed by atoms with Gasteiger partial charge >= 0.3 is 0 Å². The van der Waals surface area contributed by atoms with E-state index in [2.05, 4.69) is 0 Å². The molecule has 21 heavy (non-hydrogen) atoms. The van der Waals surface area contributed by atoms with Crippen molar-refractivity contribution in [2.75, 3.05) is 13.2 Å². The second-order valence-electron chi connectivity index (χ2n) is 4.21. The Labute approximate surface area is 136 Å². The Hall–Kier alpha value is -1.56. The molecule has 116 valence electrons. The van der Waals surface area contributed by atoms with Crippen LogP contribution in [0.3, 0.4) is 0 Å². The molecule has 0 aromatic carbocycles. The summed E-state index contributed by atoms with van der Waals surface area (Å²) in [6.45, 7) is 2.54. The number of hydrogen-bond acceptors (Lipinski definition) is 3. The van der Waals surface area contributed by atoms with E-state index in [1.54, 1.807) is 36.7 Å². The lowest BCUT2D eigenvalue weighted by atomic mass is 10.4. The van der Waals surface area contributed by atoms with E-state index in [9.17, 15) is 10.2 Å². The minimum absolute atomic E-state index is 0. The molecule has 2 aromatic heterocycles. The lowest BCUT2D eigenvalue weighted by Crippen LogP contribution is -3.00. The van der Waals surface area contributed by atoms with Gasteiger partial charge in [-0.15, -0.1) is 0 Å². The second-order valence-corrected chi connectivity index (χ2v) is 4.21. The Bertz CT molecular complexity index is 494. The van der Waals surface area contributed by atoms with Crippen LogP contribution >= 0.6 is 0 Å². The molecule has 0 aliphatic heterocycles. The van der Waals surface area contributed by atoms with Gasteiger partial charge in [0, 0.05) is 12.1 Å². The minimum atomic E-state index is 0. The first-order valence-corrected chi connectivity index (χ1v) is 6.18. The van der Waals surface area contributed by atoms with Crippen LogP contribution < -0.4 is 33.9 Å². The van der Waals surface area contributed by atoms with E-state index in [1.807, 2.05) is 21.5 Å². The van der Waals surface area contributed by atoms with Gasteiger partial charge in [-0.2, -0.15) is 9.13 Å². The Kier molecular flexibility index (Phi) is 9.45. The zero-order chi connectivity index (χ0) is 13.5. The van der Waals surface area contributed by atoms with Gasteiger partial charge in [0.05, 0.1) is 0 Å². The standard InChI is InChI=1S/C14H16N2O3.2ClH/c17-13-3-1-5-15(11-13)7-9-19-10-8-16-6-2-4-14(18)12-16;;/h1-6,11-12H,7-10H2;2*1H. The molecule has 0 fully saturated rings. The molecule has 2 aromatic rings. The van der Waals surface area contributed by atoms with Crippen LogP contribution in [0.2, 0.25) is 0 Å². The molecule has 0 atom stereocenters. The van der Waals surface area contributed by atoms with Gasteiger partial charge in [0.1, 0.15) is 13.2 Å². The first kappa shape index (κ1) is 19.4. The molecule has 0 radical (unpaired) electrons. The third-order valence-electron chi connectivity index (χ3n) is 2.67. The summed E-state index contributed by atoms with van der Waals surface area (Å²) in [5.74, 6) is 0.496. The number of aromatic hydroxyl groups is 2. The van der Waals surface area contributed by atoms with Crippen molar-refractivity contribution in [2.45, 2.75) is 13.1 Å². The Morgan fingerprint density at radius 1 is 0.810 bits per heavy atom. The van der Waals surface area contributed by atoms with Crippen LogP contribution in [0.5, 0.6) is 11.5 Å². The molecule has 5 nitrogen and oxygen atoms in total. The summed E-state index contributed by atoms with van der Waals surface area (Å²) >= 11 is 0. The van der Waals surface area contributed by atoms with E-state index in [-0.39, 0.29) is 36.3 Å². The number of nitrogens with zero attached hydrogens (tertiary/aromatic N) is 2. The molecule has 0 unspecified atom stereocenters. The van der Waals surface area contributed by atoms with E-state index >= 15 is 0 Å². The van der Waals surface area contributed by atoms with Crippen LogP contribution in [0, 0.1) is 0 Å². The molecule has 0 amide bonds. The third-order valence-corrected chi connectivity index (χ3v) is 2.67. The first-order valence-electron chi connectivity index (χ1n) is 6.18. The fourth-order valence-electron chi connectivity index (χ4n) is 1.74. The molecule has 0 saturated carbocycles. The Morgan fingerprint density at radius 3 is 1.62 bits per heavy atom. The molecule has 0 aliphatic rings. The average Bonchev–Trinajstić information content (AvgIpc) is 2.38. The summed E-state index contributed by atoms with van der Waals surface area (Å²) < 4.78 is 9.26. The largest absolute Gasteiger partial charge is 1.00 e. The van der Waals surface area contributed by atoms with Gasteiger partial charge in [0.15, 0.2) is 37.0 Å². The van der Waals surface area contributed by atoms with Gasteiger partial charge in [-0.05, 0) is 12.1 Å². The van der Waals surface area contributed by atoms with E-state index in [1.165, 1.54) is 0 Å². The predicted molar refractivity (Wildman–Crippen MR) is 67.4 cm³/mol. The molecule has 0 saturated heterocycles. The lowest BCUT2D eigenvalue weighted by molar-refractivity contribution is -0.705. The second kappa shape index (κ2) is 10.2. The van der Waals surface area contributed by atoms with Gasteiger partial charge in [-0.3, -0.25) is 0 Å². The maximum atomic E-state index is 9.30. The Morgan fingerprint density at radius 2 is 1.24 bits per heavy atom. The SMILES string of the molecule is Oc1ccc[n+](CCOCC[n+]2cccc(O)c2)c1.[Cl-].[Cl-]. The van der Waals surface area contributed by atoms with Crippen molar-refractivity contribution in [3.63, 3.8) is 0 Å². The molecular weight excluding hydrogens is 315 g/mol. The normalized spacial score (nSPS) is 9.52. The van der Waals surface area contributed by atoms with Gasteiger partial charge in [0.25, 0.3) is 0 Å². The third kappa shape index (κ3) is 7.13. The highest BCUT2D eigenvalue weighted by Gasteiger charge is 2.04. The highest BCUT2D eigenvalue weighted by molar-refractivity contribution is 5.09. The van der Waals surface area contributed by atoms with Crippen molar-refractivity contribution in [3.8, 4) is 11.5 Å². The van der Waals surface area contributed by atoms with Crippen molar-refractivity contribution < 1.29 is 48.9 Å². The first-order chi connectivity index (χ1) is 9.24. The smallest absolute Gasteiger partial charge is 0.211 e. The van der Waals surface area contributed by atoms with E-state index in [4.69, 9.17) is 4.74 Å². The number of halogens is 2. The zero-order valence-corrected chi connectivity index (χ0v) is 12.9. The van der Waals surface area contributed by atoms with Crippen molar-refractivity contribution in [3.05, 3.63) is 49.1 Å². The zero-order valence-electron chi connectivity index (χ0n) is 11.4. The van der Waals surface area contributed by atoms with Crippen LogP contribution in [0.25, 0.3) is 0 Å². The van der Waals surface area contributed by atoms with Gasteiger partial charge in [-0.25, -0.2) is 0 Å². The molecule has 0 bridgehead atoms. The molecule has 2 rings (SSSR count). The van der Waals surface area contributed by atoms with Crippen molar-refractivity contribution in [2.24, 2.45) is 0 Å². The summed E-state index contributed by atoms with van der Waals surface area (Å²) in [5, 5.41) is 18.6. The number of ether oxygens (including phenoxy) is 1. The lowest BCUT2D eigenvalue weighted by Gasteiger charge is -2.00. The van der Waals surface area contributed by atoms with Crippen molar-refractivity contribution >= 4 is 0 Å². The summed E-state index contributed by atoms with van der Waals surface area (Å²) in [7, 11) is 0. The number of pyridine rings is 2. The van der Waals surface area contributed by atoms with Crippen LogP contribution in [0.1, 0.15) is 0 Å². The van der Waals surface area contributed by atoms with Crippen LogP contribution in [0.4, 0.5) is 0 Å². The van der Waals surface area contributed by atoms with E-state index in [0.717, 1.165) is 0 Å². The average molecular weight is 333 g/mol. The van der Waals surface area contributed by atoms with Crippen molar-refractivity contribution in [1.29, 1.82) is 0 Å². The molecule has 0 spiro atoms. The number of aromatic nitrogens is 2. The topological polar surface area (TPSA) is 57.5 Å². The van der Waals surface area contributed by atoms with Gasteiger partial charge < -0.3 is 39.8 Å². The number of hydrogen-bond donors (Lipinski definition) is 2. The summed E-state index contributed by atoms with van der Waals surface area (Å²) in [6.07, 6.45) is 7.08. The fourth-order valence-corrected chi connectivity index (χ4v) is 1.74. The molecule has 2 N–H and O–H groups in total. The van der Waals surface area contributed by atoms with E-state index < -0.39 is 0 Å². The van der Waals surface area contributed by atoms with Crippen LogP contribution in [-0.4, -0.2) is 23.4 Å². The van der Waals surface area contributed by atoms with E-state index in [0.29, 0.717) is 26.3 Å². The molecule has 0 aliphatic carbocycles. The summed E-state index contributed by atoms with van der Waals surface area (Å²) in [5.41, 5.74) is 0. The molecule has 2 heterocycles. The quantitative estimate of drug-likeness (QED) is 0.410. The van der Waals surface area contributed by atoms with Gasteiger partial charge in [-0.1, -0.05) is 0 Å². The Balaban J connectivity index is 0.00000200.